The van der Waals surface area contributed by atoms with Crippen LogP contribution in [0.15, 0.2) is 65.9 Å². The van der Waals surface area contributed by atoms with E-state index in [1.807, 2.05) is 6.92 Å². The number of halogens is 4. The van der Waals surface area contributed by atoms with Crippen LogP contribution < -0.4 is 21.3 Å². The zero-order valence-corrected chi connectivity index (χ0v) is 39.4. The number of thiophene rings is 2. The summed E-state index contributed by atoms with van der Waals surface area (Å²) in [6, 6.07) is 9.68. The van der Waals surface area contributed by atoms with E-state index in [1.54, 1.807) is 22.7 Å². The van der Waals surface area contributed by atoms with Crippen molar-refractivity contribution in [2.24, 2.45) is 0 Å². The van der Waals surface area contributed by atoms with E-state index in [1.165, 1.54) is 66.3 Å². The number of carbonyl (C=O) groups is 2. The minimum absolute atomic E-state index is 0.128. The Balaban J connectivity index is 0.000000241. The van der Waals surface area contributed by atoms with Gasteiger partial charge in [0.1, 0.15) is 23.3 Å². The molecule has 0 bridgehead atoms. The first kappa shape index (κ1) is 51.1. The highest BCUT2D eigenvalue weighted by Gasteiger charge is 2.38. The van der Waals surface area contributed by atoms with Crippen LogP contribution in [0.1, 0.15) is 137 Å². The van der Waals surface area contributed by atoms with Crippen LogP contribution in [0, 0.1) is 23.3 Å². The largest absolute Gasteiger partial charge is 0.390 e. The van der Waals surface area contributed by atoms with Gasteiger partial charge in [0.25, 0.3) is 0 Å². The molecule has 0 unspecified atom stereocenters. The molecule has 0 spiro atoms. The van der Waals surface area contributed by atoms with E-state index in [4.69, 9.17) is 0 Å². The smallest absolute Gasteiger partial charge is 0.217 e. The third-order valence-electron chi connectivity index (χ3n) is 12.5. The van der Waals surface area contributed by atoms with Crippen molar-refractivity contribution in [1.29, 1.82) is 0 Å². The first-order valence-electron chi connectivity index (χ1n) is 22.5. The number of carbonyl (C=O) groups excluding carboxylic acids is 2. The van der Waals surface area contributed by atoms with Gasteiger partial charge in [-0.25, -0.2) is 17.6 Å². The van der Waals surface area contributed by atoms with Crippen LogP contribution in [0.4, 0.5) is 17.6 Å². The Morgan fingerprint density at radius 2 is 1.02 bits per heavy atom. The molecule has 2 aromatic heterocycles. The van der Waals surface area contributed by atoms with Gasteiger partial charge in [-0.15, -0.1) is 22.7 Å². The van der Waals surface area contributed by atoms with Crippen molar-refractivity contribution in [3.63, 3.8) is 0 Å². The molecule has 6 rings (SSSR count). The Morgan fingerprint density at radius 3 is 1.36 bits per heavy atom. The molecule has 2 aromatic carbocycles. The third kappa shape index (κ3) is 14.5. The SMILES string of the molecule is C=C(C)c1csc(C2(NC[C@@H](O)[C@H](Cc3cc(F)cc(F)c3)NC(C)=O)CCCCC2)c1.CC(=O)N[C@@H](Cc1cc(F)cc(F)c1)[C@H](O)CNC1(c2cc(C(C)C)cs2)CCCCC1. The van der Waals surface area contributed by atoms with Gasteiger partial charge in [0.05, 0.1) is 35.4 Å². The van der Waals surface area contributed by atoms with E-state index in [9.17, 15) is 37.4 Å². The molecule has 350 valence electrons. The Kier molecular flexibility index (Phi) is 18.8. The summed E-state index contributed by atoms with van der Waals surface area (Å²) in [6.07, 6.45) is 9.19. The van der Waals surface area contributed by atoms with E-state index >= 15 is 0 Å². The van der Waals surface area contributed by atoms with Crippen molar-refractivity contribution in [3.05, 3.63) is 121 Å². The Hall–Kier alpha value is -3.92. The predicted octanol–water partition coefficient (Wildman–Crippen LogP) is 9.92. The molecule has 2 heterocycles. The van der Waals surface area contributed by atoms with Gasteiger partial charge in [-0.1, -0.05) is 64.5 Å². The van der Waals surface area contributed by atoms with E-state index in [0.29, 0.717) is 17.0 Å². The molecule has 6 N–H and O–H groups in total. The van der Waals surface area contributed by atoms with Crippen LogP contribution in [0.2, 0.25) is 0 Å². The van der Waals surface area contributed by atoms with E-state index in [2.05, 4.69) is 64.6 Å². The van der Waals surface area contributed by atoms with Crippen LogP contribution in [-0.2, 0) is 33.5 Å². The van der Waals surface area contributed by atoms with Crippen molar-refractivity contribution in [2.45, 2.75) is 153 Å². The lowest BCUT2D eigenvalue weighted by Gasteiger charge is -2.39. The van der Waals surface area contributed by atoms with E-state index in [0.717, 1.165) is 74.6 Å². The fourth-order valence-electron chi connectivity index (χ4n) is 8.99. The van der Waals surface area contributed by atoms with Crippen molar-refractivity contribution < 1.29 is 37.4 Å². The molecule has 2 aliphatic rings. The molecule has 4 atom stereocenters. The maximum absolute atomic E-state index is 13.6. The summed E-state index contributed by atoms with van der Waals surface area (Å²) in [5.74, 6) is -2.84. The number of aliphatic hydroxyl groups excluding tert-OH is 2. The molecule has 4 aromatic rings. The monoisotopic (exact) mass is 926 g/mol. The summed E-state index contributed by atoms with van der Waals surface area (Å²) >= 11 is 3.46. The molecule has 2 saturated carbocycles. The van der Waals surface area contributed by atoms with Crippen molar-refractivity contribution in [3.8, 4) is 0 Å². The minimum Gasteiger partial charge on any atom is -0.390 e. The number of hydrogen-bond acceptors (Lipinski definition) is 8. The fraction of sp³-hybridized carbons (Fsp3) is 0.520. The molecule has 0 saturated heterocycles. The van der Waals surface area contributed by atoms with Gasteiger partial charge in [-0.2, -0.15) is 0 Å². The van der Waals surface area contributed by atoms with Crippen LogP contribution >= 0.6 is 22.7 Å². The lowest BCUT2D eigenvalue weighted by molar-refractivity contribution is -0.121. The van der Waals surface area contributed by atoms with Crippen molar-refractivity contribution in [1.82, 2.24) is 21.3 Å². The van der Waals surface area contributed by atoms with Gasteiger partial charge in [0.15, 0.2) is 0 Å². The molecule has 2 amide bonds. The molecule has 2 aliphatic carbocycles. The Bertz CT molecular complexity index is 2120. The van der Waals surface area contributed by atoms with Crippen LogP contribution in [-0.4, -0.2) is 59.4 Å². The van der Waals surface area contributed by atoms with Crippen molar-refractivity contribution >= 4 is 40.1 Å². The maximum atomic E-state index is 13.6. The normalized spacial score (nSPS) is 17.7. The average molecular weight is 927 g/mol. The van der Waals surface area contributed by atoms with Crippen LogP contribution in [0.3, 0.4) is 0 Å². The van der Waals surface area contributed by atoms with Gasteiger partial charge >= 0.3 is 0 Å². The third-order valence-corrected chi connectivity index (χ3v) is 14.8. The quantitative estimate of drug-likeness (QED) is 0.0553. The summed E-state index contributed by atoms with van der Waals surface area (Å²) < 4.78 is 54.5. The van der Waals surface area contributed by atoms with Crippen LogP contribution in [0.5, 0.6) is 0 Å². The van der Waals surface area contributed by atoms with Crippen molar-refractivity contribution in [2.75, 3.05) is 13.1 Å². The lowest BCUT2D eigenvalue weighted by Crippen LogP contribution is -2.52. The Morgan fingerprint density at radius 1 is 0.625 bits per heavy atom. The van der Waals surface area contributed by atoms with Gasteiger partial charge in [-0.3, -0.25) is 9.59 Å². The zero-order valence-electron chi connectivity index (χ0n) is 37.8. The number of hydrogen-bond donors (Lipinski definition) is 6. The highest BCUT2D eigenvalue weighted by atomic mass is 32.1. The fourth-order valence-corrected chi connectivity index (χ4v) is 11.5. The number of allylic oxidation sites excluding steroid dienone is 1. The summed E-state index contributed by atoms with van der Waals surface area (Å²) in [4.78, 5) is 26.0. The number of amides is 2. The van der Waals surface area contributed by atoms with Gasteiger partial charge in [-0.05, 0) is 121 Å². The number of nitrogens with one attached hydrogen (secondary N) is 4. The summed E-state index contributed by atoms with van der Waals surface area (Å²) in [7, 11) is 0. The first-order valence-corrected chi connectivity index (χ1v) is 24.3. The highest BCUT2D eigenvalue weighted by Crippen LogP contribution is 2.42. The minimum atomic E-state index is -0.926. The first-order chi connectivity index (χ1) is 30.4. The van der Waals surface area contributed by atoms with Gasteiger partial charge in [0, 0.05) is 48.8 Å². The molecule has 8 nitrogen and oxygen atoms in total. The second-order valence-corrected chi connectivity index (χ2v) is 20.0. The number of benzene rings is 2. The predicted molar refractivity (Wildman–Crippen MR) is 250 cm³/mol. The summed E-state index contributed by atoms with van der Waals surface area (Å²) in [6.45, 7) is 13.7. The molecule has 2 fully saturated rings. The molecule has 0 aliphatic heterocycles. The average Bonchev–Trinajstić information content (AvgIpc) is 3.94. The van der Waals surface area contributed by atoms with Gasteiger partial charge < -0.3 is 31.5 Å². The zero-order chi connectivity index (χ0) is 46.6. The number of rotatable bonds is 18. The molecule has 0 radical (unpaired) electrons. The maximum Gasteiger partial charge on any atom is 0.217 e. The second-order valence-electron chi connectivity index (χ2n) is 18.1. The van der Waals surface area contributed by atoms with Gasteiger partial charge in [0.2, 0.25) is 11.8 Å². The Labute approximate surface area is 384 Å². The molecular weight excluding hydrogens is 861 g/mol. The summed E-state index contributed by atoms with van der Waals surface area (Å²) in [5.41, 5.74) is 3.82. The van der Waals surface area contributed by atoms with Crippen LogP contribution in [0.25, 0.3) is 5.57 Å². The molecule has 64 heavy (non-hydrogen) atoms. The summed E-state index contributed by atoms with van der Waals surface area (Å²) in [5, 5.41) is 39.0. The highest BCUT2D eigenvalue weighted by molar-refractivity contribution is 7.10. The standard InChI is InChI=1S/C25H34F2N2O2S.C25H32F2N2O2S/c2*1-16(2)19-12-24(32-15-19)25(7-5-4-6-8-25)28-14-23(31)22(29-17(3)30)11-18-9-20(26)13-21(27)10-18/h9-10,12-13,15-16,22-23,28,31H,4-8,11,14H2,1-3H3,(H,29,30);9-10,12-13,15,22-23,28,31H,1,4-8,11,14H2,2-3H3,(H,29,30)/t2*22-,23+/m00/s1. The second kappa shape index (κ2) is 23.5. The van der Waals surface area contributed by atoms with E-state index in [-0.39, 0.29) is 48.8 Å². The lowest BCUT2D eigenvalue weighted by atomic mass is 9.80. The van der Waals surface area contributed by atoms with E-state index < -0.39 is 47.6 Å². The topological polar surface area (TPSA) is 123 Å². The molecular formula is C50H66F4N4O4S2. The number of aliphatic hydroxyl groups is 2. The molecule has 14 heteroatoms.